The van der Waals surface area contributed by atoms with Crippen LogP contribution in [0.1, 0.15) is 66.8 Å². The highest BCUT2D eigenvalue weighted by molar-refractivity contribution is 6.74. The minimum absolute atomic E-state index is 0.00972. The van der Waals surface area contributed by atoms with E-state index in [-0.39, 0.29) is 29.0 Å². The summed E-state index contributed by atoms with van der Waals surface area (Å²) in [6.07, 6.45) is -1.57. The van der Waals surface area contributed by atoms with Crippen molar-refractivity contribution in [3.63, 3.8) is 0 Å². The summed E-state index contributed by atoms with van der Waals surface area (Å²) in [5.41, 5.74) is 0.292. The number of nitrogens with zero attached hydrogens (tertiary/aromatic N) is 4. The van der Waals surface area contributed by atoms with Gasteiger partial charge in [0.05, 0.1) is 24.9 Å². The van der Waals surface area contributed by atoms with E-state index < -0.39 is 79.9 Å². The van der Waals surface area contributed by atoms with E-state index in [0.29, 0.717) is 28.6 Å². The molecule has 3 aromatic rings. The number of aromatic nitrogens is 3. The van der Waals surface area contributed by atoms with E-state index in [1.807, 2.05) is 0 Å². The molecule has 1 aliphatic carbocycles. The predicted octanol–water partition coefficient (Wildman–Crippen LogP) is 8.04. The zero-order valence-electron chi connectivity index (χ0n) is 31.4. The van der Waals surface area contributed by atoms with Gasteiger partial charge in [0.15, 0.2) is 43.8 Å². The Morgan fingerprint density at radius 3 is 2.30 bits per heavy atom. The highest BCUT2D eigenvalue weighted by Crippen LogP contribution is 2.44. The second kappa shape index (κ2) is 15.1. The fourth-order valence-electron chi connectivity index (χ4n) is 7.13. The second-order valence-electron chi connectivity index (χ2n) is 16.0. The third kappa shape index (κ3) is 8.23. The second-order valence-corrected chi connectivity index (χ2v) is 21.7. The van der Waals surface area contributed by atoms with Crippen molar-refractivity contribution < 1.29 is 46.1 Å². The number of fused-ring (bicyclic) bond motifs is 1. The molecule has 7 atom stereocenters. The van der Waals surface area contributed by atoms with Crippen LogP contribution < -0.4 is 4.90 Å². The molecule has 2 aliphatic heterocycles. The Morgan fingerprint density at radius 1 is 1.04 bits per heavy atom. The van der Waals surface area contributed by atoms with Crippen molar-refractivity contribution in [1.82, 2.24) is 15.0 Å². The van der Waals surface area contributed by atoms with Gasteiger partial charge in [-0.15, -0.1) is 5.10 Å². The summed E-state index contributed by atoms with van der Waals surface area (Å²) in [7, 11) is -2.33. The van der Waals surface area contributed by atoms with Crippen molar-refractivity contribution in [3.8, 4) is 11.3 Å². The van der Waals surface area contributed by atoms with Crippen LogP contribution in [-0.4, -0.2) is 84.1 Å². The summed E-state index contributed by atoms with van der Waals surface area (Å²) < 4.78 is 75.4. The molecule has 3 heterocycles. The van der Waals surface area contributed by atoms with Crippen LogP contribution in [0.25, 0.3) is 11.3 Å². The number of carbonyl (C=O) groups excluding carboxylic acids is 2. The molecular formula is C37H45Cl2F3N4O7Si. The minimum Gasteiger partial charge on any atom is -0.457 e. The van der Waals surface area contributed by atoms with Crippen LogP contribution in [0.3, 0.4) is 0 Å². The number of ether oxygens (including phenoxy) is 4. The van der Waals surface area contributed by atoms with Gasteiger partial charge in [0.25, 0.3) is 5.91 Å². The van der Waals surface area contributed by atoms with E-state index in [0.717, 1.165) is 18.6 Å². The molecule has 17 heteroatoms. The number of amides is 1. The fourth-order valence-corrected chi connectivity index (χ4v) is 9.03. The lowest BCUT2D eigenvalue weighted by Crippen LogP contribution is -2.66. The molecule has 2 aromatic carbocycles. The maximum Gasteiger partial charge on any atom is 0.303 e. The first-order chi connectivity index (χ1) is 25.2. The van der Waals surface area contributed by atoms with Gasteiger partial charge in [0.2, 0.25) is 0 Å². The van der Waals surface area contributed by atoms with Crippen molar-refractivity contribution in [2.45, 2.75) is 127 Å². The fraction of sp³-hybridized carbons (Fsp3) is 0.568. The van der Waals surface area contributed by atoms with Crippen LogP contribution in [0, 0.1) is 17.5 Å². The molecule has 3 aliphatic rings. The number of carbonyl (C=O) groups is 2. The first-order valence-corrected chi connectivity index (χ1v) is 21.5. The number of anilines is 1. The Kier molecular flexibility index (Phi) is 11.4. The van der Waals surface area contributed by atoms with Crippen LogP contribution >= 0.6 is 23.2 Å². The van der Waals surface area contributed by atoms with Gasteiger partial charge < -0.3 is 28.3 Å². The standard InChI is InChI=1S/C37H45Cl2F3N4O7Si/c1-19(47)50-33-31(45-17-26(43-44-45)20-12-24(40)30(42)25(41)13-20)32-29(18-49-37(5,6)52-32)51-34(33)35(48)46(23-15-21(38)14-22(39)16-23)27-10-9-11-28(27)53-54(7,8)36(2,3)4/h12-17,27-29,31-34H,9-11,18H2,1-8H3/t27?,28-,29+,31-,32-,33+,34+/m0/s1. The monoisotopic (exact) mass is 812 g/mol. The molecule has 1 amide bonds. The first-order valence-electron chi connectivity index (χ1n) is 17.8. The topological polar surface area (TPSA) is 114 Å². The molecule has 54 heavy (non-hydrogen) atoms. The molecule has 1 unspecified atom stereocenters. The summed E-state index contributed by atoms with van der Waals surface area (Å²) in [5.74, 6) is -6.87. The van der Waals surface area contributed by atoms with Gasteiger partial charge in [-0.1, -0.05) is 49.2 Å². The molecule has 3 fully saturated rings. The van der Waals surface area contributed by atoms with Crippen LogP contribution in [0.4, 0.5) is 18.9 Å². The molecule has 6 rings (SSSR count). The van der Waals surface area contributed by atoms with Crippen LogP contribution in [0.15, 0.2) is 36.5 Å². The largest absolute Gasteiger partial charge is 0.457 e. The van der Waals surface area contributed by atoms with Crippen molar-refractivity contribution in [1.29, 1.82) is 0 Å². The quantitative estimate of drug-likeness (QED) is 0.127. The molecule has 0 bridgehead atoms. The predicted molar refractivity (Wildman–Crippen MR) is 197 cm³/mol. The van der Waals surface area contributed by atoms with E-state index in [1.165, 1.54) is 17.8 Å². The third-order valence-electron chi connectivity index (χ3n) is 10.7. The Labute approximate surface area is 323 Å². The van der Waals surface area contributed by atoms with E-state index >= 15 is 4.79 Å². The summed E-state index contributed by atoms with van der Waals surface area (Å²) in [6.45, 7) is 15.3. The number of halogens is 5. The Bertz CT molecular complexity index is 1870. The van der Waals surface area contributed by atoms with Gasteiger partial charge in [-0.3, -0.25) is 9.59 Å². The summed E-state index contributed by atoms with van der Waals surface area (Å²) in [6, 6.07) is 4.87. The van der Waals surface area contributed by atoms with Crippen molar-refractivity contribution in [3.05, 3.63) is 64.0 Å². The summed E-state index contributed by atoms with van der Waals surface area (Å²) >= 11 is 13.1. The molecule has 0 spiro atoms. The first kappa shape index (κ1) is 40.6. The average Bonchev–Trinajstić information content (AvgIpc) is 3.71. The normalized spacial score (nSPS) is 27.0. The zero-order chi connectivity index (χ0) is 39.5. The van der Waals surface area contributed by atoms with E-state index in [1.54, 1.807) is 36.9 Å². The lowest BCUT2D eigenvalue weighted by Gasteiger charge is -2.51. The van der Waals surface area contributed by atoms with Gasteiger partial charge in [-0.05, 0) is 81.6 Å². The number of rotatable bonds is 8. The number of hydrogen-bond donors (Lipinski definition) is 0. The molecule has 2 saturated heterocycles. The number of hydrogen-bond acceptors (Lipinski definition) is 9. The van der Waals surface area contributed by atoms with Crippen LogP contribution in [0.5, 0.6) is 0 Å². The van der Waals surface area contributed by atoms with E-state index in [2.05, 4.69) is 44.2 Å². The lowest BCUT2D eigenvalue weighted by molar-refractivity contribution is -0.345. The highest BCUT2D eigenvalue weighted by Gasteiger charge is 2.57. The molecular weight excluding hydrogens is 768 g/mol. The smallest absolute Gasteiger partial charge is 0.303 e. The van der Waals surface area contributed by atoms with Gasteiger partial charge in [-0.25, -0.2) is 17.9 Å². The third-order valence-corrected chi connectivity index (χ3v) is 15.6. The highest BCUT2D eigenvalue weighted by atomic mass is 35.5. The maximum atomic E-state index is 15.4. The molecule has 1 aromatic heterocycles. The van der Waals surface area contributed by atoms with Crippen LogP contribution in [0.2, 0.25) is 28.2 Å². The SMILES string of the molecule is CC(=O)O[C@@H]1[C@@H](n2cc(-c3cc(F)c(F)c(F)c3)nn2)[C@H]2OC(C)(C)OC[C@H]2O[C@H]1C(=O)N(c1cc(Cl)cc(Cl)c1)C1CCC[C@@H]1O[Si](C)(C)C(C)(C)C. The minimum atomic E-state index is -2.33. The molecule has 11 nitrogen and oxygen atoms in total. The Morgan fingerprint density at radius 2 is 1.69 bits per heavy atom. The van der Waals surface area contributed by atoms with Gasteiger partial charge in [-0.2, -0.15) is 0 Å². The van der Waals surface area contributed by atoms with Gasteiger partial charge in [0, 0.05) is 28.2 Å². The lowest BCUT2D eigenvalue weighted by atomic mass is 9.90. The van der Waals surface area contributed by atoms with Crippen molar-refractivity contribution >= 4 is 49.1 Å². The maximum absolute atomic E-state index is 15.4. The summed E-state index contributed by atoms with van der Waals surface area (Å²) in [4.78, 5) is 29.8. The van der Waals surface area contributed by atoms with Crippen molar-refractivity contribution in [2.75, 3.05) is 11.5 Å². The molecule has 0 N–H and O–H groups in total. The average molecular weight is 814 g/mol. The summed E-state index contributed by atoms with van der Waals surface area (Å²) in [5, 5.41) is 8.85. The zero-order valence-corrected chi connectivity index (χ0v) is 33.9. The van der Waals surface area contributed by atoms with Crippen molar-refractivity contribution in [2.24, 2.45) is 0 Å². The van der Waals surface area contributed by atoms with Crippen LogP contribution in [-0.2, 0) is 33.0 Å². The molecule has 0 radical (unpaired) electrons. The van der Waals surface area contributed by atoms with E-state index in [4.69, 9.17) is 46.6 Å². The molecule has 1 saturated carbocycles. The van der Waals surface area contributed by atoms with E-state index in [9.17, 15) is 18.0 Å². The number of esters is 1. The number of benzene rings is 2. The molecule has 294 valence electrons. The van der Waals surface area contributed by atoms with Gasteiger partial charge >= 0.3 is 5.97 Å². The Hall–Kier alpha value is -3.05. The van der Waals surface area contributed by atoms with Gasteiger partial charge in [0.1, 0.15) is 23.9 Å². The Balaban J connectivity index is 1.46.